The molecule has 31 heavy (non-hydrogen) atoms. The molecule has 10 heteroatoms. The van der Waals surface area contributed by atoms with Gasteiger partial charge in [0.05, 0.1) is 18.2 Å². The third kappa shape index (κ3) is 3.69. The van der Waals surface area contributed by atoms with Gasteiger partial charge < -0.3 is 14.2 Å². The summed E-state index contributed by atoms with van der Waals surface area (Å²) in [5.74, 6) is -0.337. The van der Waals surface area contributed by atoms with Crippen molar-refractivity contribution in [2.24, 2.45) is 0 Å². The Hall–Kier alpha value is -3.21. The minimum atomic E-state index is -0.549. The van der Waals surface area contributed by atoms with Crippen LogP contribution in [0, 0.1) is 6.92 Å². The molecule has 1 aliphatic heterocycles. The minimum Gasteiger partial charge on any atom is -0.464 e. The largest absolute Gasteiger partial charge is 0.464 e. The highest BCUT2D eigenvalue weighted by Gasteiger charge is 2.20. The monoisotopic (exact) mass is 439 g/mol. The molecule has 1 aliphatic rings. The smallest absolute Gasteiger partial charge is 0.340 e. The molecule has 0 spiro atoms. The van der Waals surface area contributed by atoms with E-state index in [1.807, 2.05) is 37.3 Å². The van der Waals surface area contributed by atoms with Crippen LogP contribution in [0.15, 0.2) is 56.3 Å². The number of fused-ring (bicyclic) bond motifs is 2. The number of rotatable bonds is 4. The zero-order valence-corrected chi connectivity index (χ0v) is 17.1. The van der Waals surface area contributed by atoms with Crippen LogP contribution in [0.2, 0.25) is 5.02 Å². The molecule has 5 rings (SSSR count). The molecule has 2 aromatic carbocycles. The van der Waals surface area contributed by atoms with Crippen LogP contribution in [0.1, 0.15) is 11.1 Å². The average Bonchev–Trinajstić information content (AvgIpc) is 3.40. The quantitative estimate of drug-likeness (QED) is 0.307. The van der Waals surface area contributed by atoms with Crippen LogP contribution in [0.3, 0.4) is 0 Å². The van der Waals surface area contributed by atoms with E-state index >= 15 is 0 Å². The van der Waals surface area contributed by atoms with Gasteiger partial charge in [0, 0.05) is 27.4 Å². The molecule has 1 fully saturated rings. The number of hydrazine groups is 3. The molecule has 0 unspecified atom stereocenters. The second-order valence-corrected chi connectivity index (χ2v) is 7.65. The molecular weight excluding hydrogens is 422 g/mol. The van der Waals surface area contributed by atoms with Gasteiger partial charge in [0.25, 0.3) is 0 Å². The van der Waals surface area contributed by atoms with Crippen molar-refractivity contribution in [3.63, 3.8) is 0 Å². The van der Waals surface area contributed by atoms with E-state index in [4.69, 9.17) is 20.4 Å². The number of benzene rings is 2. The molecule has 5 N–H and O–H groups in total. The number of nitrogens with one attached hydrogen (secondary N) is 5. The van der Waals surface area contributed by atoms with E-state index in [0.717, 1.165) is 21.9 Å². The van der Waals surface area contributed by atoms with Gasteiger partial charge >= 0.3 is 5.63 Å². The Balaban J connectivity index is 1.56. The van der Waals surface area contributed by atoms with Crippen molar-refractivity contribution in [2.75, 3.05) is 0 Å². The summed E-state index contributed by atoms with van der Waals surface area (Å²) in [7, 11) is 0. The molecule has 0 radical (unpaired) electrons. The minimum absolute atomic E-state index is 0.114. The number of furan rings is 1. The summed E-state index contributed by atoms with van der Waals surface area (Å²) in [6.45, 7) is 1.81. The molecule has 0 bridgehead atoms. The van der Waals surface area contributed by atoms with Gasteiger partial charge in [-0.2, -0.15) is 11.1 Å². The lowest BCUT2D eigenvalue weighted by Gasteiger charge is -2.12. The van der Waals surface area contributed by atoms with Crippen molar-refractivity contribution < 1.29 is 13.6 Å². The predicted octanol–water partition coefficient (Wildman–Crippen LogP) is 2.23. The van der Waals surface area contributed by atoms with Gasteiger partial charge in [-0.3, -0.25) is 4.79 Å². The van der Waals surface area contributed by atoms with Crippen molar-refractivity contribution in [3.8, 4) is 11.1 Å². The molecule has 3 heterocycles. The fourth-order valence-corrected chi connectivity index (χ4v) is 3.79. The van der Waals surface area contributed by atoms with E-state index in [9.17, 15) is 9.59 Å². The lowest BCUT2D eigenvalue weighted by atomic mass is 9.99. The summed E-state index contributed by atoms with van der Waals surface area (Å²) in [5, 5.41) is 4.96. The molecule has 1 saturated heterocycles. The van der Waals surface area contributed by atoms with Gasteiger partial charge in [-0.1, -0.05) is 23.7 Å². The molecular formula is C21H18ClN5O4. The number of halogens is 1. The predicted molar refractivity (Wildman–Crippen MR) is 116 cm³/mol. The van der Waals surface area contributed by atoms with Crippen molar-refractivity contribution in [1.82, 2.24) is 27.2 Å². The van der Waals surface area contributed by atoms with Crippen LogP contribution in [0.4, 0.5) is 0 Å². The van der Waals surface area contributed by atoms with E-state index in [1.165, 1.54) is 0 Å². The van der Waals surface area contributed by atoms with E-state index in [2.05, 4.69) is 27.2 Å². The first-order valence-electron chi connectivity index (χ1n) is 9.53. The maximum absolute atomic E-state index is 12.6. The van der Waals surface area contributed by atoms with Crippen LogP contribution in [0.25, 0.3) is 33.1 Å². The third-order valence-corrected chi connectivity index (χ3v) is 5.53. The lowest BCUT2D eigenvalue weighted by Crippen LogP contribution is -2.50. The van der Waals surface area contributed by atoms with Gasteiger partial charge in [-0.15, -0.1) is 0 Å². The lowest BCUT2D eigenvalue weighted by molar-refractivity contribution is -0.121. The number of hydrogen-bond donors (Lipinski definition) is 5. The average molecular weight is 440 g/mol. The summed E-state index contributed by atoms with van der Waals surface area (Å²) in [4.78, 5) is 25.0. The Morgan fingerprint density at radius 2 is 1.84 bits per heavy atom. The van der Waals surface area contributed by atoms with Crippen molar-refractivity contribution in [1.29, 1.82) is 0 Å². The van der Waals surface area contributed by atoms with Gasteiger partial charge in [0.2, 0.25) is 5.91 Å². The van der Waals surface area contributed by atoms with Crippen LogP contribution in [0.5, 0.6) is 0 Å². The fraction of sp³-hybridized carbons (Fsp3) is 0.143. The summed E-state index contributed by atoms with van der Waals surface area (Å²) in [6, 6.07) is 11.1. The molecule has 158 valence electrons. The second-order valence-electron chi connectivity index (χ2n) is 7.21. The Labute approximate surface area is 180 Å². The van der Waals surface area contributed by atoms with E-state index < -0.39 is 11.9 Å². The Kier molecular flexibility index (Phi) is 4.97. The summed E-state index contributed by atoms with van der Waals surface area (Å²) in [5.41, 5.74) is 14.0. The van der Waals surface area contributed by atoms with Gasteiger partial charge in [-0.05, 0) is 36.2 Å². The van der Waals surface area contributed by atoms with E-state index in [-0.39, 0.29) is 12.3 Å². The molecule has 9 nitrogen and oxygen atoms in total. The number of carbonyl (C=O) groups is 1. The van der Waals surface area contributed by atoms with Crippen LogP contribution >= 0.6 is 11.6 Å². The zero-order chi connectivity index (χ0) is 21.5. The first-order valence-corrected chi connectivity index (χ1v) is 9.91. The van der Waals surface area contributed by atoms with E-state index in [0.29, 0.717) is 27.3 Å². The molecule has 0 atom stereocenters. The number of amides is 1. The van der Waals surface area contributed by atoms with Crippen LogP contribution in [-0.4, -0.2) is 12.2 Å². The highest BCUT2D eigenvalue weighted by atomic mass is 35.5. The highest BCUT2D eigenvalue weighted by molar-refractivity contribution is 6.30. The third-order valence-electron chi connectivity index (χ3n) is 5.27. The summed E-state index contributed by atoms with van der Waals surface area (Å²) < 4.78 is 11.2. The van der Waals surface area contributed by atoms with E-state index in [1.54, 1.807) is 12.3 Å². The number of aryl methyl sites for hydroxylation is 1. The topological polar surface area (TPSA) is 121 Å². The Morgan fingerprint density at radius 1 is 1.10 bits per heavy atom. The van der Waals surface area contributed by atoms with Crippen molar-refractivity contribution in [2.45, 2.75) is 19.6 Å². The molecule has 0 aliphatic carbocycles. The number of hydrogen-bond acceptors (Lipinski definition) is 8. The highest BCUT2D eigenvalue weighted by Crippen LogP contribution is 2.35. The maximum Gasteiger partial charge on any atom is 0.340 e. The van der Waals surface area contributed by atoms with Crippen LogP contribution < -0.4 is 32.9 Å². The maximum atomic E-state index is 12.6. The summed E-state index contributed by atoms with van der Waals surface area (Å²) in [6.07, 6.45) is 1.04. The first kappa shape index (κ1) is 19.7. The summed E-state index contributed by atoms with van der Waals surface area (Å²) >= 11 is 6.00. The fourth-order valence-electron chi connectivity index (χ4n) is 3.66. The van der Waals surface area contributed by atoms with Gasteiger partial charge in [0.1, 0.15) is 11.2 Å². The molecule has 2 aromatic heterocycles. The Morgan fingerprint density at radius 3 is 2.58 bits per heavy atom. The van der Waals surface area contributed by atoms with Crippen LogP contribution in [-0.2, 0) is 11.2 Å². The van der Waals surface area contributed by atoms with Crippen molar-refractivity contribution >= 4 is 39.4 Å². The van der Waals surface area contributed by atoms with Gasteiger partial charge in [-0.25, -0.2) is 15.6 Å². The molecule has 1 amide bonds. The first-order chi connectivity index (χ1) is 15.0. The normalized spacial score (nSPS) is 14.5. The second kappa shape index (κ2) is 7.80. The zero-order valence-electron chi connectivity index (χ0n) is 16.3. The molecule has 4 aromatic rings. The SMILES string of the molecule is Cc1c(CC(=O)NC2NNNN2)c(=O)oc2cc3occ(-c4ccc(Cl)cc4)c3cc12. The number of carbonyl (C=O) groups excluding carboxylic acids is 1. The standard InChI is InChI=1S/C21H18ClN5O4/c1-10-13-6-15-16(11-2-4-12(22)5-3-11)9-30-17(15)8-18(13)31-20(29)14(10)7-19(28)23-21-24-26-27-25-21/h2-6,8-9,21,24-27H,7H2,1H3,(H,23,28). The van der Waals surface area contributed by atoms with Gasteiger partial charge in [0.15, 0.2) is 6.29 Å². The molecule has 0 saturated carbocycles. The Bertz CT molecular complexity index is 1360. The van der Waals surface area contributed by atoms with Crippen molar-refractivity contribution in [3.05, 3.63) is 69.2 Å².